The lowest BCUT2D eigenvalue weighted by atomic mass is 10.2. The minimum absolute atomic E-state index is 0.107. The molecule has 132 valence electrons. The van der Waals surface area contributed by atoms with Crippen LogP contribution in [-0.4, -0.2) is 60.5 Å². The fourth-order valence-corrected chi connectivity index (χ4v) is 3.77. The topological polar surface area (TPSA) is 48.5 Å². The number of rotatable bonds is 5. The van der Waals surface area contributed by atoms with E-state index in [4.69, 9.17) is 0 Å². The average Bonchev–Trinajstić information content (AvgIpc) is 3.03. The normalized spacial score (nSPS) is 15.7. The summed E-state index contributed by atoms with van der Waals surface area (Å²) in [6.07, 6.45) is 4.34. The highest BCUT2D eigenvalue weighted by atomic mass is 32.1. The highest BCUT2D eigenvalue weighted by molar-refractivity contribution is 7.17. The van der Waals surface area contributed by atoms with Crippen molar-refractivity contribution in [2.75, 3.05) is 45.1 Å². The second-order valence-corrected chi connectivity index (χ2v) is 7.09. The molecule has 1 aromatic heterocycles. The van der Waals surface area contributed by atoms with Gasteiger partial charge in [0.2, 0.25) is 0 Å². The van der Waals surface area contributed by atoms with Gasteiger partial charge in [0.1, 0.15) is 4.88 Å². The first-order valence-corrected chi connectivity index (χ1v) is 9.37. The van der Waals surface area contributed by atoms with Crippen LogP contribution >= 0.6 is 11.3 Å². The molecule has 2 aromatic rings. The van der Waals surface area contributed by atoms with Gasteiger partial charge < -0.3 is 10.2 Å². The minimum Gasteiger partial charge on any atom is -0.365 e. The van der Waals surface area contributed by atoms with Gasteiger partial charge in [-0.2, -0.15) is 0 Å². The fourth-order valence-electron chi connectivity index (χ4n) is 2.88. The molecule has 0 atom stereocenters. The number of carbonyl (C=O) groups excluding carboxylic acids is 1. The van der Waals surface area contributed by atoms with Crippen molar-refractivity contribution in [1.29, 1.82) is 0 Å². The van der Waals surface area contributed by atoms with Gasteiger partial charge >= 0.3 is 0 Å². The van der Waals surface area contributed by atoms with E-state index in [1.807, 2.05) is 37.1 Å². The zero-order valence-electron chi connectivity index (χ0n) is 14.7. The van der Waals surface area contributed by atoms with Crippen molar-refractivity contribution >= 4 is 28.5 Å². The molecule has 5 nitrogen and oxygen atoms in total. The molecule has 2 heterocycles. The summed E-state index contributed by atoms with van der Waals surface area (Å²) in [6.45, 7) is 6.16. The van der Waals surface area contributed by atoms with E-state index < -0.39 is 0 Å². The molecule has 25 heavy (non-hydrogen) atoms. The summed E-state index contributed by atoms with van der Waals surface area (Å²) in [7, 11) is 1.83. The lowest BCUT2D eigenvalue weighted by molar-refractivity contribution is 0.0654. The van der Waals surface area contributed by atoms with Crippen molar-refractivity contribution in [2.45, 2.75) is 6.92 Å². The van der Waals surface area contributed by atoms with Crippen LogP contribution in [0.15, 0.2) is 36.4 Å². The van der Waals surface area contributed by atoms with Crippen LogP contribution in [0.2, 0.25) is 0 Å². The largest absolute Gasteiger partial charge is 0.365 e. The Balaban J connectivity index is 1.50. The third-order valence-corrected chi connectivity index (χ3v) is 5.50. The maximum atomic E-state index is 12.7. The van der Waals surface area contributed by atoms with Crippen LogP contribution < -0.4 is 5.32 Å². The first-order valence-electron chi connectivity index (χ1n) is 8.56. The quantitative estimate of drug-likeness (QED) is 0.895. The Morgan fingerprint density at radius 1 is 1.24 bits per heavy atom. The van der Waals surface area contributed by atoms with Gasteiger partial charge in [-0.25, -0.2) is 4.98 Å². The average molecular weight is 356 g/mol. The van der Waals surface area contributed by atoms with Crippen LogP contribution in [0.3, 0.4) is 0 Å². The Morgan fingerprint density at radius 3 is 2.60 bits per heavy atom. The number of nitrogens with one attached hydrogen (secondary N) is 1. The third kappa shape index (κ3) is 4.46. The molecular weight excluding hydrogens is 332 g/mol. The number of nitrogens with zero attached hydrogens (tertiary/aromatic N) is 3. The van der Waals surface area contributed by atoms with Crippen molar-refractivity contribution in [3.8, 4) is 0 Å². The Kier molecular flexibility index (Phi) is 5.83. The molecule has 3 rings (SSSR count). The summed E-state index contributed by atoms with van der Waals surface area (Å²) < 4.78 is 0. The molecule has 0 saturated carbocycles. The maximum Gasteiger partial charge on any atom is 0.266 e. The fraction of sp³-hybridized carbons (Fsp3) is 0.368. The van der Waals surface area contributed by atoms with Gasteiger partial charge in [-0.05, 0) is 12.5 Å². The Hall–Kier alpha value is -2.18. The molecule has 1 N–H and O–H groups in total. The van der Waals surface area contributed by atoms with Crippen LogP contribution in [0, 0.1) is 6.92 Å². The number of benzene rings is 1. The highest BCUT2D eigenvalue weighted by Crippen LogP contribution is 2.24. The number of thiazole rings is 1. The zero-order chi connectivity index (χ0) is 17.6. The minimum atomic E-state index is 0.107. The number of piperazine rings is 1. The molecule has 1 aliphatic heterocycles. The first-order chi connectivity index (χ1) is 12.2. The van der Waals surface area contributed by atoms with E-state index in [0.29, 0.717) is 0 Å². The Bertz CT molecular complexity index is 733. The molecule has 1 saturated heterocycles. The maximum absolute atomic E-state index is 12.7. The van der Waals surface area contributed by atoms with Crippen LogP contribution in [0.4, 0.5) is 5.13 Å². The molecule has 0 aliphatic carbocycles. The van der Waals surface area contributed by atoms with Crippen molar-refractivity contribution in [3.63, 3.8) is 0 Å². The molecular formula is C19H24N4OS. The van der Waals surface area contributed by atoms with E-state index in [1.165, 1.54) is 16.9 Å². The van der Waals surface area contributed by atoms with E-state index in [0.717, 1.165) is 48.4 Å². The number of anilines is 1. The van der Waals surface area contributed by atoms with E-state index in [-0.39, 0.29) is 5.91 Å². The molecule has 0 bridgehead atoms. The zero-order valence-corrected chi connectivity index (χ0v) is 15.6. The first kappa shape index (κ1) is 17.6. The van der Waals surface area contributed by atoms with Gasteiger partial charge in [-0.3, -0.25) is 9.69 Å². The van der Waals surface area contributed by atoms with Crippen molar-refractivity contribution in [2.24, 2.45) is 0 Å². The number of aromatic nitrogens is 1. The summed E-state index contributed by atoms with van der Waals surface area (Å²) in [5.41, 5.74) is 2.03. The second-order valence-electron chi connectivity index (χ2n) is 6.09. The van der Waals surface area contributed by atoms with E-state index in [2.05, 4.69) is 39.5 Å². The number of carbonyl (C=O) groups is 1. The highest BCUT2D eigenvalue weighted by Gasteiger charge is 2.24. The van der Waals surface area contributed by atoms with Crippen LogP contribution in [0.25, 0.3) is 6.08 Å². The van der Waals surface area contributed by atoms with Crippen LogP contribution in [0.5, 0.6) is 0 Å². The monoisotopic (exact) mass is 356 g/mol. The Morgan fingerprint density at radius 2 is 1.96 bits per heavy atom. The van der Waals surface area contributed by atoms with Crippen molar-refractivity contribution < 1.29 is 4.79 Å². The van der Waals surface area contributed by atoms with Crippen LogP contribution in [0.1, 0.15) is 20.9 Å². The van der Waals surface area contributed by atoms with Crippen molar-refractivity contribution in [1.82, 2.24) is 14.8 Å². The number of amides is 1. The molecule has 0 radical (unpaired) electrons. The van der Waals surface area contributed by atoms with Gasteiger partial charge in [-0.1, -0.05) is 53.8 Å². The van der Waals surface area contributed by atoms with Gasteiger partial charge in [-0.15, -0.1) is 0 Å². The number of hydrogen-bond donors (Lipinski definition) is 1. The summed E-state index contributed by atoms with van der Waals surface area (Å²) >= 11 is 1.44. The number of aryl methyl sites for hydroxylation is 1. The third-order valence-electron chi connectivity index (χ3n) is 4.34. The smallest absolute Gasteiger partial charge is 0.266 e. The summed E-state index contributed by atoms with van der Waals surface area (Å²) in [5.74, 6) is 0.107. The van der Waals surface area contributed by atoms with E-state index >= 15 is 0 Å². The SMILES string of the molecule is CNc1nc(C)c(C(=O)N2CCN(C/C=C/c3ccccc3)CC2)s1. The molecule has 1 amide bonds. The molecule has 0 unspecified atom stereocenters. The predicted molar refractivity (Wildman–Crippen MR) is 104 cm³/mol. The molecule has 1 fully saturated rings. The van der Waals surface area contributed by atoms with Gasteiger partial charge in [0.15, 0.2) is 5.13 Å². The standard InChI is InChI=1S/C19H24N4OS/c1-15-17(25-19(20-2)21-15)18(24)23-13-11-22(12-14-23)10-6-9-16-7-4-3-5-8-16/h3-9H,10-14H2,1-2H3,(H,20,21)/b9-6+. The predicted octanol–water partition coefficient (Wildman–Crippen LogP) is 2.96. The summed E-state index contributed by atoms with van der Waals surface area (Å²) in [4.78, 5) is 22.1. The number of hydrogen-bond acceptors (Lipinski definition) is 5. The Labute approximate surface area is 153 Å². The van der Waals surface area contributed by atoms with Crippen molar-refractivity contribution in [3.05, 3.63) is 52.5 Å². The lowest BCUT2D eigenvalue weighted by Crippen LogP contribution is -2.48. The van der Waals surface area contributed by atoms with Gasteiger partial charge in [0, 0.05) is 39.8 Å². The molecule has 6 heteroatoms. The van der Waals surface area contributed by atoms with Gasteiger partial charge in [0.25, 0.3) is 5.91 Å². The van der Waals surface area contributed by atoms with E-state index in [9.17, 15) is 4.79 Å². The molecule has 1 aliphatic rings. The van der Waals surface area contributed by atoms with Crippen LogP contribution in [-0.2, 0) is 0 Å². The molecule has 1 aromatic carbocycles. The summed E-state index contributed by atoms with van der Waals surface area (Å²) in [5, 5.41) is 3.81. The molecule has 0 spiro atoms. The van der Waals surface area contributed by atoms with E-state index in [1.54, 1.807) is 0 Å². The van der Waals surface area contributed by atoms with Gasteiger partial charge in [0.05, 0.1) is 5.69 Å². The lowest BCUT2D eigenvalue weighted by Gasteiger charge is -2.34. The summed E-state index contributed by atoms with van der Waals surface area (Å²) in [6, 6.07) is 10.3. The second kappa shape index (κ2) is 8.27.